The van der Waals surface area contributed by atoms with Crippen LogP contribution in [-0.4, -0.2) is 39.4 Å². The topological polar surface area (TPSA) is 66.5 Å². The molecule has 1 aliphatic rings. The Morgan fingerprint density at radius 1 is 1.59 bits per heavy atom. The van der Waals surface area contributed by atoms with E-state index >= 15 is 0 Å². The molecule has 1 N–H and O–H groups in total. The Hall–Kier alpha value is -0.920. The largest absolute Gasteiger partial charge is 0.345 e. The molecular formula is C10H14N2O3S2. The quantitative estimate of drug-likeness (QED) is 0.869. The molecule has 2 heterocycles. The predicted octanol–water partition coefficient (Wildman–Crippen LogP) is 0.505. The summed E-state index contributed by atoms with van der Waals surface area (Å²) in [4.78, 5) is 12.9. The third kappa shape index (κ3) is 2.85. The number of hydrogen-bond donors (Lipinski definition) is 1. The number of thiophene rings is 1. The zero-order chi connectivity index (χ0) is 12.5. The average Bonchev–Trinajstić information content (AvgIpc) is 2.87. The Morgan fingerprint density at radius 2 is 2.35 bits per heavy atom. The van der Waals surface area contributed by atoms with Crippen molar-refractivity contribution in [2.75, 3.05) is 20.1 Å². The highest BCUT2D eigenvalue weighted by atomic mass is 32.2. The fourth-order valence-electron chi connectivity index (χ4n) is 1.81. The van der Waals surface area contributed by atoms with Crippen LogP contribution in [0.1, 0.15) is 6.42 Å². The molecule has 0 bridgehead atoms. The molecule has 2 rings (SSSR count). The van der Waals surface area contributed by atoms with Crippen LogP contribution in [0.2, 0.25) is 0 Å². The molecule has 1 aliphatic heterocycles. The highest BCUT2D eigenvalue weighted by Crippen LogP contribution is 2.18. The van der Waals surface area contributed by atoms with Crippen molar-refractivity contribution < 1.29 is 13.2 Å². The lowest BCUT2D eigenvalue weighted by atomic mass is 10.1. The number of nitrogens with zero attached hydrogens (tertiary/aromatic N) is 1. The molecule has 1 unspecified atom stereocenters. The van der Waals surface area contributed by atoms with Gasteiger partial charge < -0.3 is 4.90 Å². The molecule has 0 spiro atoms. The van der Waals surface area contributed by atoms with Crippen LogP contribution in [0.5, 0.6) is 0 Å². The van der Waals surface area contributed by atoms with Gasteiger partial charge in [-0.05, 0) is 17.4 Å². The SMILES string of the molecule is CN1CC(CNS(=O)(=O)c2cccs2)CC1=O. The van der Waals surface area contributed by atoms with Gasteiger partial charge in [0.05, 0.1) is 0 Å². The van der Waals surface area contributed by atoms with Gasteiger partial charge in [0.1, 0.15) is 4.21 Å². The van der Waals surface area contributed by atoms with Crippen LogP contribution in [-0.2, 0) is 14.8 Å². The Balaban J connectivity index is 1.93. The first kappa shape index (κ1) is 12.5. The summed E-state index contributed by atoms with van der Waals surface area (Å²) in [6, 6.07) is 3.27. The number of carbonyl (C=O) groups excluding carboxylic acids is 1. The fraction of sp³-hybridized carbons (Fsp3) is 0.500. The molecular weight excluding hydrogens is 260 g/mol. The summed E-state index contributed by atoms with van der Waals surface area (Å²) in [5.41, 5.74) is 0. The number of amides is 1. The maximum Gasteiger partial charge on any atom is 0.250 e. The Labute approximate surface area is 104 Å². The first-order valence-corrected chi connectivity index (χ1v) is 7.62. The summed E-state index contributed by atoms with van der Waals surface area (Å²) in [5.74, 6) is 0.146. The van der Waals surface area contributed by atoms with Crippen molar-refractivity contribution in [3.05, 3.63) is 17.5 Å². The van der Waals surface area contributed by atoms with E-state index in [-0.39, 0.29) is 11.8 Å². The monoisotopic (exact) mass is 274 g/mol. The van der Waals surface area contributed by atoms with Gasteiger partial charge in [0.25, 0.3) is 0 Å². The smallest absolute Gasteiger partial charge is 0.250 e. The first-order chi connectivity index (χ1) is 7.99. The molecule has 1 atom stereocenters. The van der Waals surface area contributed by atoms with E-state index in [1.54, 1.807) is 29.5 Å². The predicted molar refractivity (Wildman–Crippen MR) is 65.3 cm³/mol. The van der Waals surface area contributed by atoms with E-state index in [4.69, 9.17) is 0 Å². The van der Waals surface area contributed by atoms with Crippen molar-refractivity contribution in [3.63, 3.8) is 0 Å². The van der Waals surface area contributed by atoms with Gasteiger partial charge in [-0.15, -0.1) is 11.3 Å². The zero-order valence-corrected chi connectivity index (χ0v) is 11.1. The Bertz CT molecular complexity index is 496. The van der Waals surface area contributed by atoms with Crippen LogP contribution in [0.15, 0.2) is 21.7 Å². The molecule has 1 fully saturated rings. The van der Waals surface area contributed by atoms with E-state index < -0.39 is 10.0 Å². The van der Waals surface area contributed by atoms with Gasteiger partial charge in [0.15, 0.2) is 0 Å². The van der Waals surface area contributed by atoms with Crippen molar-refractivity contribution in [2.45, 2.75) is 10.6 Å². The van der Waals surface area contributed by atoms with E-state index in [9.17, 15) is 13.2 Å². The highest BCUT2D eigenvalue weighted by Gasteiger charge is 2.28. The lowest BCUT2D eigenvalue weighted by Gasteiger charge is -2.10. The molecule has 1 amide bonds. The second-order valence-corrected chi connectivity index (χ2v) is 7.07. The fourth-order valence-corrected chi connectivity index (χ4v) is 3.96. The van der Waals surface area contributed by atoms with Crippen molar-refractivity contribution >= 4 is 27.3 Å². The van der Waals surface area contributed by atoms with E-state index in [2.05, 4.69) is 4.72 Å². The van der Waals surface area contributed by atoms with E-state index in [0.29, 0.717) is 23.7 Å². The van der Waals surface area contributed by atoms with E-state index in [1.165, 1.54) is 11.3 Å². The summed E-state index contributed by atoms with van der Waals surface area (Å²) in [5, 5.41) is 1.72. The van der Waals surface area contributed by atoms with Gasteiger partial charge in [0.2, 0.25) is 15.9 Å². The minimum atomic E-state index is -3.40. The van der Waals surface area contributed by atoms with Gasteiger partial charge >= 0.3 is 0 Å². The molecule has 1 aromatic heterocycles. The van der Waals surface area contributed by atoms with Crippen LogP contribution in [0, 0.1) is 5.92 Å². The third-order valence-electron chi connectivity index (χ3n) is 2.74. The van der Waals surface area contributed by atoms with Crippen molar-refractivity contribution in [1.29, 1.82) is 0 Å². The zero-order valence-electron chi connectivity index (χ0n) is 9.42. The molecule has 0 radical (unpaired) electrons. The molecule has 5 nitrogen and oxygen atoms in total. The lowest BCUT2D eigenvalue weighted by molar-refractivity contribution is -0.126. The minimum Gasteiger partial charge on any atom is -0.345 e. The number of carbonyl (C=O) groups is 1. The molecule has 94 valence electrons. The number of sulfonamides is 1. The van der Waals surface area contributed by atoms with Crippen molar-refractivity contribution in [1.82, 2.24) is 9.62 Å². The van der Waals surface area contributed by atoms with Crippen LogP contribution in [0.3, 0.4) is 0 Å². The molecule has 17 heavy (non-hydrogen) atoms. The normalized spacial score (nSPS) is 21.1. The summed E-state index contributed by atoms with van der Waals surface area (Å²) in [6.45, 7) is 0.933. The second kappa shape index (κ2) is 4.75. The molecule has 0 saturated carbocycles. The standard InChI is InChI=1S/C10H14N2O3S2/c1-12-7-8(5-9(12)13)6-11-17(14,15)10-3-2-4-16-10/h2-4,8,11H,5-7H2,1H3. The maximum absolute atomic E-state index is 11.8. The highest BCUT2D eigenvalue weighted by molar-refractivity contribution is 7.91. The van der Waals surface area contributed by atoms with E-state index in [1.807, 2.05) is 0 Å². The molecule has 7 heteroatoms. The molecule has 1 saturated heterocycles. The second-order valence-electron chi connectivity index (χ2n) is 4.13. The van der Waals surface area contributed by atoms with Crippen LogP contribution in [0.25, 0.3) is 0 Å². The average molecular weight is 274 g/mol. The van der Waals surface area contributed by atoms with Crippen molar-refractivity contribution in [2.24, 2.45) is 5.92 Å². The number of likely N-dealkylation sites (tertiary alicyclic amines) is 1. The van der Waals surface area contributed by atoms with Gasteiger partial charge in [-0.25, -0.2) is 13.1 Å². The Morgan fingerprint density at radius 3 is 2.88 bits per heavy atom. The number of rotatable bonds is 4. The van der Waals surface area contributed by atoms with Crippen molar-refractivity contribution in [3.8, 4) is 0 Å². The van der Waals surface area contributed by atoms with Gasteiger partial charge in [-0.1, -0.05) is 6.07 Å². The van der Waals surface area contributed by atoms with Gasteiger partial charge in [-0.2, -0.15) is 0 Å². The molecule has 1 aromatic rings. The van der Waals surface area contributed by atoms with Crippen LogP contribution >= 0.6 is 11.3 Å². The Kier molecular flexibility index (Phi) is 3.50. The first-order valence-electron chi connectivity index (χ1n) is 5.26. The maximum atomic E-state index is 11.8. The molecule has 0 aromatic carbocycles. The summed E-state index contributed by atoms with van der Waals surface area (Å²) < 4.78 is 26.5. The summed E-state index contributed by atoms with van der Waals surface area (Å²) in [7, 11) is -1.67. The minimum absolute atomic E-state index is 0.0715. The van der Waals surface area contributed by atoms with Gasteiger partial charge in [0, 0.05) is 26.6 Å². The van der Waals surface area contributed by atoms with Gasteiger partial charge in [-0.3, -0.25) is 4.79 Å². The number of hydrogen-bond acceptors (Lipinski definition) is 4. The number of nitrogens with one attached hydrogen (secondary N) is 1. The third-order valence-corrected chi connectivity index (χ3v) is 5.56. The van der Waals surface area contributed by atoms with Crippen LogP contribution in [0.4, 0.5) is 0 Å². The lowest BCUT2D eigenvalue weighted by Crippen LogP contribution is -2.30. The molecule has 0 aliphatic carbocycles. The van der Waals surface area contributed by atoms with E-state index in [0.717, 1.165) is 0 Å². The van der Waals surface area contributed by atoms with Crippen LogP contribution < -0.4 is 4.72 Å². The summed E-state index contributed by atoms with van der Waals surface area (Å²) in [6.07, 6.45) is 0.420. The summed E-state index contributed by atoms with van der Waals surface area (Å²) >= 11 is 1.19.